The molecular formula is C13H14ClFN2O. The molecule has 2 rings (SSSR count). The van der Waals surface area contributed by atoms with Gasteiger partial charge in [-0.1, -0.05) is 18.5 Å². The third kappa shape index (κ3) is 2.71. The number of aliphatic hydroxyl groups is 1. The van der Waals surface area contributed by atoms with Crippen molar-refractivity contribution in [2.24, 2.45) is 0 Å². The van der Waals surface area contributed by atoms with Crippen LogP contribution in [0.1, 0.15) is 13.3 Å². The summed E-state index contributed by atoms with van der Waals surface area (Å²) < 4.78 is 14.8. The summed E-state index contributed by atoms with van der Waals surface area (Å²) in [5, 5.41) is 9.99. The normalized spacial score (nSPS) is 12.7. The molecule has 0 aliphatic heterocycles. The van der Waals surface area contributed by atoms with Crippen molar-refractivity contribution in [3.63, 3.8) is 0 Å². The lowest BCUT2D eigenvalue weighted by Crippen LogP contribution is -2.15. The summed E-state index contributed by atoms with van der Waals surface area (Å²) >= 11 is 6.01. The zero-order chi connectivity index (χ0) is 13.1. The maximum absolute atomic E-state index is 13.0. The lowest BCUT2D eigenvalue weighted by molar-refractivity contribution is 0.150. The van der Waals surface area contributed by atoms with E-state index in [1.807, 2.05) is 11.5 Å². The molecular weight excluding hydrogens is 255 g/mol. The van der Waals surface area contributed by atoms with Gasteiger partial charge in [0.1, 0.15) is 11.6 Å². The van der Waals surface area contributed by atoms with Crippen LogP contribution in [0, 0.1) is 5.82 Å². The average molecular weight is 269 g/mol. The van der Waals surface area contributed by atoms with Crippen LogP contribution in [0.4, 0.5) is 4.39 Å². The highest BCUT2D eigenvalue weighted by molar-refractivity contribution is 6.33. The van der Waals surface area contributed by atoms with Gasteiger partial charge < -0.3 is 9.67 Å². The molecule has 0 spiro atoms. The van der Waals surface area contributed by atoms with E-state index in [2.05, 4.69) is 4.98 Å². The summed E-state index contributed by atoms with van der Waals surface area (Å²) in [6, 6.07) is 4.19. The zero-order valence-electron chi connectivity index (χ0n) is 9.98. The van der Waals surface area contributed by atoms with Crippen molar-refractivity contribution in [3.8, 4) is 11.4 Å². The molecule has 18 heavy (non-hydrogen) atoms. The van der Waals surface area contributed by atoms with E-state index < -0.39 is 6.10 Å². The molecule has 1 atom stereocenters. The van der Waals surface area contributed by atoms with Crippen LogP contribution in [-0.2, 0) is 6.54 Å². The van der Waals surface area contributed by atoms with Crippen LogP contribution in [0.2, 0.25) is 5.02 Å². The Balaban J connectivity index is 2.36. The average Bonchev–Trinajstić information content (AvgIpc) is 2.77. The van der Waals surface area contributed by atoms with Gasteiger partial charge in [0, 0.05) is 18.0 Å². The van der Waals surface area contributed by atoms with Crippen LogP contribution in [0.3, 0.4) is 0 Å². The molecule has 96 valence electrons. The number of imidazole rings is 1. The predicted octanol–water partition coefficient (Wildman–Crippen LogP) is 3.11. The lowest BCUT2D eigenvalue weighted by atomic mass is 10.2. The topological polar surface area (TPSA) is 38.0 Å². The fraction of sp³-hybridized carbons (Fsp3) is 0.308. The maximum atomic E-state index is 13.0. The van der Waals surface area contributed by atoms with E-state index in [9.17, 15) is 9.50 Å². The lowest BCUT2D eigenvalue weighted by Gasteiger charge is -2.12. The number of aliphatic hydroxyl groups excluding tert-OH is 1. The highest BCUT2D eigenvalue weighted by Gasteiger charge is 2.12. The fourth-order valence-corrected chi connectivity index (χ4v) is 1.98. The molecule has 0 bridgehead atoms. The number of nitrogens with zero attached hydrogens (tertiary/aromatic N) is 2. The summed E-state index contributed by atoms with van der Waals surface area (Å²) in [7, 11) is 0. The third-order valence-electron chi connectivity index (χ3n) is 2.77. The molecule has 0 aliphatic rings. The number of halogens is 2. The van der Waals surface area contributed by atoms with E-state index in [1.54, 1.807) is 18.5 Å². The van der Waals surface area contributed by atoms with Gasteiger partial charge in [-0.25, -0.2) is 9.37 Å². The molecule has 1 aromatic carbocycles. The number of aromatic nitrogens is 2. The van der Waals surface area contributed by atoms with E-state index in [-0.39, 0.29) is 5.82 Å². The van der Waals surface area contributed by atoms with Crippen molar-refractivity contribution in [2.75, 3.05) is 0 Å². The number of benzene rings is 1. The van der Waals surface area contributed by atoms with Crippen molar-refractivity contribution in [2.45, 2.75) is 26.0 Å². The molecule has 0 aliphatic carbocycles. The number of hydrogen-bond donors (Lipinski definition) is 1. The minimum atomic E-state index is -0.433. The van der Waals surface area contributed by atoms with Gasteiger partial charge in [-0.2, -0.15) is 0 Å². The Labute approximate surface area is 110 Å². The minimum Gasteiger partial charge on any atom is -0.391 e. The van der Waals surface area contributed by atoms with Crippen molar-refractivity contribution in [3.05, 3.63) is 41.4 Å². The Hall–Kier alpha value is -1.39. The second-order valence-corrected chi connectivity index (χ2v) is 4.50. The van der Waals surface area contributed by atoms with Crippen molar-refractivity contribution in [1.29, 1.82) is 0 Å². The van der Waals surface area contributed by atoms with E-state index in [0.29, 0.717) is 29.4 Å². The van der Waals surface area contributed by atoms with E-state index in [0.717, 1.165) is 0 Å². The summed E-state index contributed by atoms with van der Waals surface area (Å²) in [4.78, 5) is 4.21. The van der Waals surface area contributed by atoms with Gasteiger partial charge in [-0.15, -0.1) is 0 Å². The fourth-order valence-electron chi connectivity index (χ4n) is 1.73. The summed E-state index contributed by atoms with van der Waals surface area (Å²) in [6.07, 6.45) is 3.64. The van der Waals surface area contributed by atoms with Gasteiger partial charge >= 0.3 is 0 Å². The van der Waals surface area contributed by atoms with Crippen LogP contribution < -0.4 is 0 Å². The highest BCUT2D eigenvalue weighted by atomic mass is 35.5. The van der Waals surface area contributed by atoms with Crippen LogP contribution in [0.25, 0.3) is 11.4 Å². The van der Waals surface area contributed by atoms with Crippen molar-refractivity contribution in [1.82, 2.24) is 9.55 Å². The standard InChI is InChI=1S/C13H14ClFN2O/c1-2-10(18)8-17-6-5-16-13(17)11-4-3-9(15)7-12(11)14/h3-7,10,18H,2,8H2,1H3/t10-/m1/s1. The maximum Gasteiger partial charge on any atom is 0.141 e. The van der Waals surface area contributed by atoms with Crippen LogP contribution >= 0.6 is 11.6 Å². The largest absolute Gasteiger partial charge is 0.391 e. The Morgan fingerprint density at radius 2 is 2.28 bits per heavy atom. The Morgan fingerprint density at radius 1 is 1.50 bits per heavy atom. The molecule has 0 radical (unpaired) electrons. The molecule has 1 heterocycles. The van der Waals surface area contributed by atoms with Crippen LogP contribution in [0.5, 0.6) is 0 Å². The first-order valence-corrected chi connectivity index (χ1v) is 6.14. The van der Waals surface area contributed by atoms with Gasteiger partial charge in [-0.05, 0) is 24.6 Å². The molecule has 0 saturated carbocycles. The van der Waals surface area contributed by atoms with Gasteiger partial charge in [0.05, 0.1) is 17.7 Å². The van der Waals surface area contributed by atoms with Crippen LogP contribution in [0.15, 0.2) is 30.6 Å². The third-order valence-corrected chi connectivity index (χ3v) is 3.08. The number of hydrogen-bond acceptors (Lipinski definition) is 2. The molecule has 0 saturated heterocycles. The van der Waals surface area contributed by atoms with E-state index in [1.165, 1.54) is 12.1 Å². The van der Waals surface area contributed by atoms with Gasteiger partial charge in [0.15, 0.2) is 0 Å². The first-order chi connectivity index (χ1) is 8.61. The minimum absolute atomic E-state index is 0.313. The quantitative estimate of drug-likeness (QED) is 0.925. The molecule has 0 unspecified atom stereocenters. The summed E-state index contributed by atoms with van der Waals surface area (Å²) in [5.41, 5.74) is 0.659. The molecule has 1 aromatic heterocycles. The summed E-state index contributed by atoms with van der Waals surface area (Å²) in [5.74, 6) is 0.253. The molecule has 3 nitrogen and oxygen atoms in total. The second kappa shape index (κ2) is 5.50. The van der Waals surface area contributed by atoms with Crippen LogP contribution in [-0.4, -0.2) is 20.8 Å². The second-order valence-electron chi connectivity index (χ2n) is 4.09. The molecule has 0 amide bonds. The number of rotatable bonds is 4. The van der Waals surface area contributed by atoms with Crippen molar-refractivity contribution >= 4 is 11.6 Å². The van der Waals surface area contributed by atoms with Gasteiger partial charge in [0.2, 0.25) is 0 Å². The Bertz CT molecular complexity index is 542. The Kier molecular flexibility index (Phi) is 3.99. The first kappa shape index (κ1) is 13.1. The monoisotopic (exact) mass is 268 g/mol. The first-order valence-electron chi connectivity index (χ1n) is 5.76. The molecule has 1 N–H and O–H groups in total. The van der Waals surface area contributed by atoms with Gasteiger partial charge in [-0.3, -0.25) is 0 Å². The molecule has 5 heteroatoms. The SMILES string of the molecule is CC[C@@H](O)Cn1ccnc1-c1ccc(F)cc1Cl. The Morgan fingerprint density at radius 3 is 2.94 bits per heavy atom. The molecule has 2 aromatic rings. The predicted molar refractivity (Wildman–Crippen MR) is 68.9 cm³/mol. The van der Waals surface area contributed by atoms with E-state index in [4.69, 9.17) is 11.6 Å². The zero-order valence-corrected chi connectivity index (χ0v) is 10.7. The van der Waals surface area contributed by atoms with Gasteiger partial charge in [0.25, 0.3) is 0 Å². The highest BCUT2D eigenvalue weighted by Crippen LogP contribution is 2.27. The molecule has 0 fully saturated rings. The van der Waals surface area contributed by atoms with Crippen molar-refractivity contribution < 1.29 is 9.50 Å². The summed E-state index contributed by atoms with van der Waals surface area (Å²) in [6.45, 7) is 2.35. The van der Waals surface area contributed by atoms with E-state index >= 15 is 0 Å². The smallest absolute Gasteiger partial charge is 0.141 e.